The average Bonchev–Trinajstić information content (AvgIpc) is 2.81. The number of hydrogen-bond donors (Lipinski definition) is 1. The van der Waals surface area contributed by atoms with Gasteiger partial charge in [0.15, 0.2) is 0 Å². The summed E-state index contributed by atoms with van der Waals surface area (Å²) in [6, 6.07) is 6.06. The Hall–Kier alpha value is -1.17. The van der Waals surface area contributed by atoms with Crippen molar-refractivity contribution < 1.29 is 9.57 Å². The van der Waals surface area contributed by atoms with Gasteiger partial charge in [0.05, 0.1) is 7.11 Å². The van der Waals surface area contributed by atoms with E-state index in [1.807, 2.05) is 19.1 Å². The largest absolute Gasteiger partial charge is 0.497 e. The molecule has 2 rings (SSSR count). The summed E-state index contributed by atoms with van der Waals surface area (Å²) in [7, 11) is 1.67. The Labute approximate surface area is 116 Å². The third kappa shape index (κ3) is 2.98. The van der Waals surface area contributed by atoms with Crippen LogP contribution < -0.4 is 10.2 Å². The highest BCUT2D eigenvalue weighted by Crippen LogP contribution is 2.29. The summed E-state index contributed by atoms with van der Waals surface area (Å²) in [6.45, 7) is 2.48. The second-order valence-electron chi connectivity index (χ2n) is 3.79. The van der Waals surface area contributed by atoms with Gasteiger partial charge in [-0.1, -0.05) is 19.1 Å². The van der Waals surface area contributed by atoms with Crippen molar-refractivity contribution in [1.29, 1.82) is 0 Å². The fraction of sp³-hybridized carbons (Fsp3) is 0.308. The summed E-state index contributed by atoms with van der Waals surface area (Å²) in [6.07, 6.45) is 0.785. The molecule has 0 aliphatic carbocycles. The molecule has 0 saturated heterocycles. The van der Waals surface area contributed by atoms with Gasteiger partial charge in [-0.15, -0.1) is 11.3 Å². The first-order chi connectivity index (χ1) is 8.74. The summed E-state index contributed by atoms with van der Waals surface area (Å²) in [5.41, 5.74) is 3.91. The minimum absolute atomic E-state index is 0.493. The lowest BCUT2D eigenvalue weighted by molar-refractivity contribution is 0.0726. The number of thiocarbonyl (C=S) groups is 1. The van der Waals surface area contributed by atoms with Gasteiger partial charge in [-0.3, -0.25) is 10.3 Å². The monoisotopic (exact) mass is 281 g/mol. The lowest BCUT2D eigenvalue weighted by Crippen LogP contribution is -2.20. The molecular weight excluding hydrogens is 266 g/mol. The first-order valence-corrected chi connectivity index (χ1v) is 6.98. The van der Waals surface area contributed by atoms with Crippen LogP contribution in [0.1, 0.15) is 18.9 Å². The fourth-order valence-corrected chi connectivity index (χ4v) is 2.55. The van der Waals surface area contributed by atoms with E-state index in [2.05, 4.69) is 16.9 Å². The van der Waals surface area contributed by atoms with Crippen LogP contribution in [0.25, 0.3) is 10.1 Å². The number of methoxy groups -OCH3 is 1. The lowest BCUT2D eigenvalue weighted by atomic mass is 10.2. The van der Waals surface area contributed by atoms with Gasteiger partial charge < -0.3 is 4.74 Å². The minimum atomic E-state index is 0.493. The molecule has 0 unspecified atom stereocenters. The van der Waals surface area contributed by atoms with E-state index in [0.717, 1.165) is 17.7 Å². The van der Waals surface area contributed by atoms with Crippen molar-refractivity contribution in [1.82, 2.24) is 5.48 Å². The molecule has 96 valence electrons. The summed E-state index contributed by atoms with van der Waals surface area (Å²) in [5, 5.41) is 3.27. The average molecular weight is 281 g/mol. The minimum Gasteiger partial charge on any atom is -0.497 e. The van der Waals surface area contributed by atoms with Gasteiger partial charge in [0.25, 0.3) is 0 Å². The number of hydroxylamine groups is 1. The van der Waals surface area contributed by atoms with Gasteiger partial charge in [-0.25, -0.2) is 0 Å². The summed E-state index contributed by atoms with van der Waals surface area (Å²) < 4.78 is 6.46. The molecule has 0 aliphatic heterocycles. The van der Waals surface area contributed by atoms with Crippen LogP contribution in [-0.4, -0.2) is 12.1 Å². The van der Waals surface area contributed by atoms with Crippen LogP contribution >= 0.6 is 23.6 Å². The smallest absolute Gasteiger partial charge is 0.119 e. The third-order valence-electron chi connectivity index (χ3n) is 2.60. The number of benzene rings is 1. The van der Waals surface area contributed by atoms with Gasteiger partial charge in [-0.05, 0) is 35.6 Å². The normalized spacial score (nSPS) is 10.6. The molecule has 0 aliphatic rings. The van der Waals surface area contributed by atoms with Gasteiger partial charge in [0, 0.05) is 10.1 Å². The number of nitrogens with one attached hydrogen (secondary N) is 1. The highest BCUT2D eigenvalue weighted by molar-refractivity contribution is 7.80. The lowest BCUT2D eigenvalue weighted by Gasteiger charge is -2.06. The standard InChI is InChI=1S/C13H15NO2S2/c1-3-13(17)14-16-7-9-8-18-12-5-4-10(15-2)6-11(9)12/h4-6,8H,3,7H2,1-2H3,(H,14,17). The molecule has 2 aromatic rings. The van der Waals surface area contributed by atoms with Crippen molar-refractivity contribution >= 4 is 38.6 Å². The molecule has 0 bridgehead atoms. The zero-order valence-electron chi connectivity index (χ0n) is 10.4. The van der Waals surface area contributed by atoms with Crippen LogP contribution in [0.2, 0.25) is 0 Å². The predicted octanol–water partition coefficient (Wildman–Crippen LogP) is 3.67. The highest BCUT2D eigenvalue weighted by Gasteiger charge is 2.06. The Balaban J connectivity index is 2.10. The SMILES string of the molecule is CCC(=S)NOCc1csc2ccc(OC)cc12. The molecule has 1 aromatic carbocycles. The van der Waals surface area contributed by atoms with Crippen LogP contribution in [0, 0.1) is 0 Å². The number of hydrogen-bond acceptors (Lipinski definition) is 4. The number of ether oxygens (including phenoxy) is 1. The number of thiophene rings is 1. The molecule has 3 nitrogen and oxygen atoms in total. The molecule has 0 fully saturated rings. The molecule has 1 heterocycles. The molecule has 1 aromatic heterocycles. The van der Waals surface area contributed by atoms with Crippen LogP contribution in [0.5, 0.6) is 5.75 Å². The number of rotatable bonds is 5. The van der Waals surface area contributed by atoms with Crippen LogP contribution in [-0.2, 0) is 11.4 Å². The van der Waals surface area contributed by atoms with E-state index in [-0.39, 0.29) is 0 Å². The van der Waals surface area contributed by atoms with Crippen molar-refractivity contribution in [2.45, 2.75) is 20.0 Å². The molecule has 1 N–H and O–H groups in total. The van der Waals surface area contributed by atoms with E-state index < -0.39 is 0 Å². The zero-order valence-corrected chi connectivity index (χ0v) is 12.0. The van der Waals surface area contributed by atoms with Crippen LogP contribution in [0.4, 0.5) is 0 Å². The van der Waals surface area contributed by atoms with Crippen LogP contribution in [0.3, 0.4) is 0 Å². The van der Waals surface area contributed by atoms with Gasteiger partial charge in [0.2, 0.25) is 0 Å². The molecule has 0 amide bonds. The highest BCUT2D eigenvalue weighted by atomic mass is 32.1. The molecule has 0 radical (unpaired) electrons. The van der Waals surface area contributed by atoms with Crippen LogP contribution in [0.15, 0.2) is 23.6 Å². The van der Waals surface area contributed by atoms with E-state index in [0.29, 0.717) is 11.6 Å². The maximum atomic E-state index is 5.39. The second kappa shape index (κ2) is 6.13. The number of fused-ring (bicyclic) bond motifs is 1. The Morgan fingerprint density at radius 2 is 2.28 bits per heavy atom. The van der Waals surface area contributed by atoms with E-state index in [1.54, 1.807) is 18.4 Å². The molecular formula is C13H15NO2S2. The van der Waals surface area contributed by atoms with E-state index in [9.17, 15) is 0 Å². The van der Waals surface area contributed by atoms with Crippen molar-refractivity contribution in [2.75, 3.05) is 7.11 Å². The fourth-order valence-electron chi connectivity index (χ4n) is 1.57. The van der Waals surface area contributed by atoms with Crippen molar-refractivity contribution in [2.24, 2.45) is 0 Å². The van der Waals surface area contributed by atoms with Crippen molar-refractivity contribution in [3.05, 3.63) is 29.1 Å². The maximum absolute atomic E-state index is 5.39. The summed E-state index contributed by atoms with van der Waals surface area (Å²) in [4.78, 5) is 6.10. The van der Waals surface area contributed by atoms with Crippen molar-refractivity contribution in [3.63, 3.8) is 0 Å². The first-order valence-electron chi connectivity index (χ1n) is 5.69. The maximum Gasteiger partial charge on any atom is 0.119 e. The topological polar surface area (TPSA) is 30.5 Å². The first kappa shape index (κ1) is 13.3. The van der Waals surface area contributed by atoms with Gasteiger partial charge >= 0.3 is 0 Å². The van der Waals surface area contributed by atoms with E-state index >= 15 is 0 Å². The molecule has 0 spiro atoms. The predicted molar refractivity (Wildman–Crippen MR) is 79.2 cm³/mol. The van der Waals surface area contributed by atoms with Gasteiger partial charge in [-0.2, -0.15) is 0 Å². The van der Waals surface area contributed by atoms with E-state index in [1.165, 1.54) is 10.1 Å². The second-order valence-corrected chi connectivity index (χ2v) is 5.19. The van der Waals surface area contributed by atoms with Gasteiger partial charge in [0.1, 0.15) is 17.3 Å². The quantitative estimate of drug-likeness (QED) is 0.669. The summed E-state index contributed by atoms with van der Waals surface area (Å²) >= 11 is 6.73. The zero-order chi connectivity index (χ0) is 13.0. The Morgan fingerprint density at radius 3 is 3.00 bits per heavy atom. The summed E-state index contributed by atoms with van der Waals surface area (Å²) in [5.74, 6) is 0.860. The Bertz CT molecular complexity index is 551. The Morgan fingerprint density at radius 1 is 1.44 bits per heavy atom. The molecule has 0 atom stereocenters. The molecule has 0 saturated carbocycles. The van der Waals surface area contributed by atoms with E-state index in [4.69, 9.17) is 21.8 Å². The third-order valence-corrected chi connectivity index (χ3v) is 3.98. The molecule has 5 heteroatoms. The van der Waals surface area contributed by atoms with Crippen molar-refractivity contribution in [3.8, 4) is 5.75 Å². The molecule has 18 heavy (non-hydrogen) atoms. The Kier molecular flexibility index (Phi) is 4.52.